The lowest BCUT2D eigenvalue weighted by atomic mass is 10.0. The van der Waals surface area contributed by atoms with Crippen LogP contribution >= 0.6 is 0 Å². The van der Waals surface area contributed by atoms with E-state index in [0.29, 0.717) is 31.4 Å². The van der Waals surface area contributed by atoms with Crippen LogP contribution in [0.15, 0.2) is 30.6 Å². The van der Waals surface area contributed by atoms with Gasteiger partial charge in [0.25, 0.3) is 11.8 Å². The molecule has 0 saturated carbocycles. The molecule has 1 aliphatic heterocycles. The van der Waals surface area contributed by atoms with Crippen molar-refractivity contribution >= 4 is 11.7 Å². The molecule has 0 unspecified atom stereocenters. The second-order valence-electron chi connectivity index (χ2n) is 7.93. The van der Waals surface area contributed by atoms with Crippen LogP contribution < -0.4 is 15.4 Å². The maximum absolute atomic E-state index is 15.2. The fraction of sp³-hybridized carbons (Fsp3) is 0.476. The zero-order chi connectivity index (χ0) is 22.8. The van der Waals surface area contributed by atoms with Crippen molar-refractivity contribution in [3.63, 3.8) is 0 Å². The second kappa shape index (κ2) is 9.07. The standard InChI is InChI=1S/C21H24F4N4O2/c1-12(2)10-16(18(26)30)31-20-17(22)19(27-11-28-20)29-9-3-4-15(29)13-5-7-14(8-6-13)21(23,24)25/h5-8,11-12,15-16H,3-4,9-10H2,1-2H3,(H2,26,30)/t15-,16-/m1/s1. The van der Waals surface area contributed by atoms with Crippen LogP contribution in [0.25, 0.3) is 0 Å². The van der Waals surface area contributed by atoms with Crippen molar-refractivity contribution < 1.29 is 27.1 Å². The molecule has 1 aliphatic rings. The Morgan fingerprint density at radius 1 is 1.26 bits per heavy atom. The number of carbonyl (C=O) groups excluding carboxylic acids is 1. The molecule has 2 aromatic rings. The monoisotopic (exact) mass is 440 g/mol. The van der Waals surface area contributed by atoms with Crippen molar-refractivity contribution in [3.05, 3.63) is 47.5 Å². The maximum atomic E-state index is 15.2. The highest BCUT2D eigenvalue weighted by atomic mass is 19.4. The van der Waals surface area contributed by atoms with Gasteiger partial charge in [-0.15, -0.1) is 0 Å². The van der Waals surface area contributed by atoms with Crippen LogP contribution in [0.4, 0.5) is 23.4 Å². The molecule has 2 atom stereocenters. The lowest BCUT2D eigenvalue weighted by Crippen LogP contribution is -2.35. The number of benzene rings is 1. The van der Waals surface area contributed by atoms with Gasteiger partial charge < -0.3 is 15.4 Å². The van der Waals surface area contributed by atoms with Crippen LogP contribution in [0.1, 0.15) is 50.3 Å². The van der Waals surface area contributed by atoms with Crippen LogP contribution in [-0.4, -0.2) is 28.5 Å². The van der Waals surface area contributed by atoms with Crippen molar-refractivity contribution in [1.29, 1.82) is 0 Å². The zero-order valence-corrected chi connectivity index (χ0v) is 17.2. The average Bonchev–Trinajstić information content (AvgIpc) is 3.17. The van der Waals surface area contributed by atoms with Crippen molar-refractivity contribution in [2.75, 3.05) is 11.4 Å². The van der Waals surface area contributed by atoms with Crippen molar-refractivity contribution in [1.82, 2.24) is 9.97 Å². The minimum absolute atomic E-state index is 0.0276. The molecule has 1 aromatic carbocycles. The number of rotatable bonds is 7. The van der Waals surface area contributed by atoms with Crippen LogP contribution in [0.2, 0.25) is 0 Å². The summed E-state index contributed by atoms with van der Waals surface area (Å²) in [5.74, 6) is -1.88. The molecular weight excluding hydrogens is 416 g/mol. The smallest absolute Gasteiger partial charge is 0.416 e. The summed E-state index contributed by atoms with van der Waals surface area (Å²) < 4.78 is 59.2. The molecule has 31 heavy (non-hydrogen) atoms. The molecule has 1 amide bonds. The summed E-state index contributed by atoms with van der Waals surface area (Å²) in [6.07, 6.45) is -2.70. The third kappa shape index (κ3) is 5.23. The van der Waals surface area contributed by atoms with Gasteiger partial charge in [-0.1, -0.05) is 26.0 Å². The van der Waals surface area contributed by atoms with Gasteiger partial charge in [-0.3, -0.25) is 4.79 Å². The van der Waals surface area contributed by atoms with Gasteiger partial charge in [0.1, 0.15) is 6.33 Å². The van der Waals surface area contributed by atoms with Gasteiger partial charge in [0.15, 0.2) is 11.9 Å². The zero-order valence-electron chi connectivity index (χ0n) is 17.2. The number of amides is 1. The topological polar surface area (TPSA) is 81.3 Å². The molecular formula is C21H24F4N4O2. The first-order valence-electron chi connectivity index (χ1n) is 9.98. The first kappa shape index (κ1) is 22.8. The van der Waals surface area contributed by atoms with Gasteiger partial charge in [0, 0.05) is 6.54 Å². The maximum Gasteiger partial charge on any atom is 0.416 e. The van der Waals surface area contributed by atoms with Gasteiger partial charge >= 0.3 is 6.18 Å². The summed E-state index contributed by atoms with van der Waals surface area (Å²) in [5.41, 5.74) is 5.25. The molecule has 0 spiro atoms. The van der Waals surface area contributed by atoms with E-state index in [-0.39, 0.29) is 23.7 Å². The van der Waals surface area contributed by atoms with E-state index < -0.39 is 29.6 Å². The van der Waals surface area contributed by atoms with Gasteiger partial charge in [0.2, 0.25) is 5.82 Å². The van der Waals surface area contributed by atoms with Crippen LogP contribution in [0, 0.1) is 11.7 Å². The van der Waals surface area contributed by atoms with Gasteiger partial charge in [-0.25, -0.2) is 4.98 Å². The van der Waals surface area contributed by atoms with E-state index in [0.717, 1.165) is 18.5 Å². The summed E-state index contributed by atoms with van der Waals surface area (Å²) in [5, 5.41) is 0. The predicted octanol–water partition coefficient (Wildman–Crippen LogP) is 4.25. The van der Waals surface area contributed by atoms with E-state index in [2.05, 4.69) is 9.97 Å². The highest BCUT2D eigenvalue weighted by molar-refractivity contribution is 5.79. The molecule has 1 saturated heterocycles. The van der Waals surface area contributed by atoms with Crippen LogP contribution in [-0.2, 0) is 11.0 Å². The molecule has 0 radical (unpaired) electrons. The highest BCUT2D eigenvalue weighted by Gasteiger charge is 2.33. The molecule has 1 aromatic heterocycles. The Labute approximate surface area is 177 Å². The Hall–Kier alpha value is -2.91. The average molecular weight is 440 g/mol. The molecule has 10 heteroatoms. The summed E-state index contributed by atoms with van der Waals surface area (Å²) >= 11 is 0. The van der Waals surface area contributed by atoms with Crippen molar-refractivity contribution in [2.45, 2.75) is 51.4 Å². The molecule has 0 aliphatic carbocycles. The Balaban J connectivity index is 1.86. The molecule has 0 bridgehead atoms. The summed E-state index contributed by atoms with van der Waals surface area (Å²) in [7, 11) is 0. The summed E-state index contributed by atoms with van der Waals surface area (Å²) in [6, 6.07) is 4.48. The Morgan fingerprint density at radius 2 is 1.94 bits per heavy atom. The third-order valence-corrected chi connectivity index (χ3v) is 5.14. The van der Waals surface area contributed by atoms with Gasteiger partial charge in [-0.05, 0) is 42.9 Å². The van der Waals surface area contributed by atoms with Gasteiger partial charge in [0.05, 0.1) is 11.6 Å². The number of alkyl halides is 3. The van der Waals surface area contributed by atoms with Crippen LogP contribution in [0.3, 0.4) is 0 Å². The second-order valence-corrected chi connectivity index (χ2v) is 7.93. The van der Waals surface area contributed by atoms with E-state index in [1.807, 2.05) is 13.8 Å². The number of nitrogens with two attached hydrogens (primary N) is 1. The van der Waals surface area contributed by atoms with Crippen LogP contribution in [0.5, 0.6) is 5.88 Å². The Morgan fingerprint density at radius 3 is 2.52 bits per heavy atom. The Bertz CT molecular complexity index is 919. The van der Waals surface area contributed by atoms with E-state index in [1.165, 1.54) is 12.1 Å². The fourth-order valence-electron chi connectivity index (χ4n) is 3.67. The largest absolute Gasteiger partial charge is 0.462 e. The molecule has 6 nitrogen and oxygen atoms in total. The number of primary amides is 1. The fourth-order valence-corrected chi connectivity index (χ4v) is 3.67. The number of nitrogens with zero attached hydrogens (tertiary/aromatic N) is 3. The highest BCUT2D eigenvalue weighted by Crippen LogP contribution is 2.39. The number of carbonyl (C=O) groups is 1. The Kier molecular flexibility index (Phi) is 6.66. The minimum atomic E-state index is -4.42. The van der Waals surface area contributed by atoms with E-state index in [4.69, 9.17) is 10.5 Å². The number of aromatic nitrogens is 2. The number of halogens is 4. The number of anilines is 1. The first-order chi connectivity index (χ1) is 14.6. The molecule has 168 valence electrons. The quantitative estimate of drug-likeness (QED) is 0.651. The number of ether oxygens (including phenoxy) is 1. The molecule has 2 N–H and O–H groups in total. The normalized spacial score (nSPS) is 17.8. The van der Waals surface area contributed by atoms with Gasteiger partial charge in [-0.2, -0.15) is 22.5 Å². The number of hydrogen-bond acceptors (Lipinski definition) is 5. The predicted molar refractivity (Wildman–Crippen MR) is 106 cm³/mol. The summed E-state index contributed by atoms with van der Waals surface area (Å²) in [4.78, 5) is 21.2. The lowest BCUT2D eigenvalue weighted by molar-refractivity contribution is -0.137. The van der Waals surface area contributed by atoms with E-state index in [1.54, 1.807) is 4.90 Å². The van der Waals surface area contributed by atoms with E-state index in [9.17, 15) is 18.0 Å². The minimum Gasteiger partial charge on any atom is -0.462 e. The molecule has 1 fully saturated rings. The third-order valence-electron chi connectivity index (χ3n) is 5.14. The first-order valence-corrected chi connectivity index (χ1v) is 9.98. The molecule has 2 heterocycles. The summed E-state index contributed by atoms with van der Waals surface area (Å²) in [6.45, 7) is 4.21. The van der Waals surface area contributed by atoms with Crippen molar-refractivity contribution in [3.8, 4) is 5.88 Å². The van der Waals surface area contributed by atoms with E-state index >= 15 is 4.39 Å². The number of hydrogen-bond donors (Lipinski definition) is 1. The molecule has 3 rings (SSSR count). The SMILES string of the molecule is CC(C)C[C@@H](Oc1ncnc(N2CCC[C@@H]2c2ccc(C(F)(F)F)cc2)c1F)C(N)=O. The van der Waals surface area contributed by atoms with Crippen molar-refractivity contribution in [2.24, 2.45) is 11.7 Å². The lowest BCUT2D eigenvalue weighted by Gasteiger charge is -2.27.